The van der Waals surface area contributed by atoms with Crippen molar-refractivity contribution < 1.29 is 4.39 Å². The van der Waals surface area contributed by atoms with E-state index in [1.54, 1.807) is 6.07 Å². The lowest BCUT2D eigenvalue weighted by Gasteiger charge is -2.26. The van der Waals surface area contributed by atoms with Crippen molar-refractivity contribution in [1.29, 1.82) is 0 Å². The Labute approximate surface area is 155 Å². The van der Waals surface area contributed by atoms with Gasteiger partial charge >= 0.3 is 0 Å². The van der Waals surface area contributed by atoms with Crippen LogP contribution in [-0.2, 0) is 5.41 Å². The fourth-order valence-electron chi connectivity index (χ4n) is 4.18. The Morgan fingerprint density at radius 1 is 1.31 bits per heavy atom. The summed E-state index contributed by atoms with van der Waals surface area (Å²) in [6.45, 7) is 7.99. The molecule has 140 valence electrons. The van der Waals surface area contributed by atoms with Crippen LogP contribution >= 0.6 is 0 Å². The van der Waals surface area contributed by atoms with Crippen molar-refractivity contribution in [3.63, 3.8) is 0 Å². The van der Waals surface area contributed by atoms with E-state index >= 15 is 0 Å². The fraction of sp³-hybridized carbons (Fsp3) is 0.571. The second kappa shape index (κ2) is 7.39. The Kier molecular flexibility index (Phi) is 4.98. The molecule has 2 aliphatic heterocycles. The molecule has 3 aliphatic rings. The van der Waals surface area contributed by atoms with Crippen LogP contribution in [0.25, 0.3) is 0 Å². The highest BCUT2D eigenvalue weighted by molar-refractivity contribution is 5.80. The summed E-state index contributed by atoms with van der Waals surface area (Å²) in [6, 6.07) is 7.68. The molecular formula is C21H29FN4. The zero-order valence-corrected chi connectivity index (χ0v) is 15.6. The molecule has 2 heterocycles. The molecule has 4 nitrogen and oxygen atoms in total. The molecule has 0 spiro atoms. The number of benzene rings is 1. The Balaban J connectivity index is 1.43. The number of nitrogens with zero attached hydrogens (tertiary/aromatic N) is 3. The SMILES string of the molecule is CCNC(=NCC1(c2cccc(F)c2)CC1)N1CCC(N2CC=CC2)C1. The number of rotatable bonds is 5. The van der Waals surface area contributed by atoms with E-state index in [-0.39, 0.29) is 11.2 Å². The predicted molar refractivity (Wildman–Crippen MR) is 104 cm³/mol. The number of aliphatic imine (C=N–C) groups is 1. The number of hydrogen-bond donors (Lipinski definition) is 1. The van der Waals surface area contributed by atoms with Gasteiger partial charge in [0.25, 0.3) is 0 Å². The first-order valence-corrected chi connectivity index (χ1v) is 9.88. The molecular weight excluding hydrogens is 327 g/mol. The van der Waals surface area contributed by atoms with Crippen molar-refractivity contribution in [2.24, 2.45) is 4.99 Å². The number of guanidine groups is 1. The van der Waals surface area contributed by atoms with Crippen LogP contribution in [0.1, 0.15) is 31.7 Å². The standard InChI is InChI=1S/C21H29FN4/c1-2-23-20(26-13-8-19(15-26)25-11-3-4-12-25)24-16-21(9-10-21)17-6-5-7-18(22)14-17/h3-7,14,19H,2,8-13,15-16H2,1H3,(H,23,24). The topological polar surface area (TPSA) is 30.9 Å². The van der Waals surface area contributed by atoms with Gasteiger partial charge in [-0.1, -0.05) is 24.3 Å². The van der Waals surface area contributed by atoms with Crippen LogP contribution in [0.2, 0.25) is 0 Å². The first-order chi connectivity index (χ1) is 12.7. The molecule has 1 aromatic rings. The molecule has 0 amide bonds. The van der Waals surface area contributed by atoms with Gasteiger partial charge in [0.2, 0.25) is 0 Å². The Morgan fingerprint density at radius 3 is 2.81 bits per heavy atom. The van der Waals surface area contributed by atoms with E-state index in [0.717, 1.165) is 63.6 Å². The minimum atomic E-state index is -0.147. The molecule has 1 unspecified atom stereocenters. The number of hydrogen-bond acceptors (Lipinski definition) is 2. The van der Waals surface area contributed by atoms with Crippen LogP contribution in [0.3, 0.4) is 0 Å². The van der Waals surface area contributed by atoms with Gasteiger partial charge in [-0.3, -0.25) is 9.89 Å². The van der Waals surface area contributed by atoms with Crippen LogP contribution in [-0.4, -0.2) is 61.1 Å². The molecule has 4 rings (SSSR count). The van der Waals surface area contributed by atoms with E-state index in [0.29, 0.717) is 6.04 Å². The Bertz CT molecular complexity index is 687. The average molecular weight is 356 g/mol. The maximum atomic E-state index is 13.6. The molecule has 0 aromatic heterocycles. The van der Waals surface area contributed by atoms with Gasteiger partial charge in [0, 0.05) is 44.2 Å². The van der Waals surface area contributed by atoms with E-state index in [1.807, 2.05) is 12.1 Å². The highest BCUT2D eigenvalue weighted by Gasteiger charge is 2.44. The molecule has 1 saturated heterocycles. The maximum Gasteiger partial charge on any atom is 0.193 e. The molecule has 5 heteroatoms. The summed E-state index contributed by atoms with van der Waals surface area (Å²) in [6.07, 6.45) is 7.92. The summed E-state index contributed by atoms with van der Waals surface area (Å²) in [7, 11) is 0. The summed E-state index contributed by atoms with van der Waals surface area (Å²) in [5.74, 6) is 0.871. The highest BCUT2D eigenvalue weighted by Crippen LogP contribution is 2.48. The van der Waals surface area contributed by atoms with Gasteiger partial charge in [-0.15, -0.1) is 0 Å². The lowest BCUT2D eigenvalue weighted by molar-refractivity contribution is 0.259. The van der Waals surface area contributed by atoms with Gasteiger partial charge in [0.15, 0.2) is 5.96 Å². The summed E-state index contributed by atoms with van der Waals surface area (Å²) < 4.78 is 13.6. The van der Waals surface area contributed by atoms with Crippen LogP contribution in [0.5, 0.6) is 0 Å². The third kappa shape index (κ3) is 3.63. The molecule has 0 bridgehead atoms. The lowest BCUT2D eigenvalue weighted by Crippen LogP contribution is -2.43. The second-order valence-electron chi connectivity index (χ2n) is 7.77. The van der Waals surface area contributed by atoms with E-state index in [1.165, 1.54) is 12.5 Å². The zero-order chi connectivity index (χ0) is 18.0. The first kappa shape index (κ1) is 17.5. The number of likely N-dealkylation sites (tertiary alicyclic amines) is 1. The molecule has 1 aromatic carbocycles. The zero-order valence-electron chi connectivity index (χ0n) is 15.6. The van der Waals surface area contributed by atoms with E-state index in [4.69, 9.17) is 4.99 Å². The third-order valence-corrected chi connectivity index (χ3v) is 5.98. The average Bonchev–Trinajstić information content (AvgIpc) is 3.04. The quantitative estimate of drug-likeness (QED) is 0.500. The fourth-order valence-corrected chi connectivity index (χ4v) is 4.18. The van der Waals surface area contributed by atoms with Crippen molar-refractivity contribution in [1.82, 2.24) is 15.1 Å². The van der Waals surface area contributed by atoms with Crippen molar-refractivity contribution in [3.8, 4) is 0 Å². The maximum absolute atomic E-state index is 13.6. The minimum Gasteiger partial charge on any atom is -0.357 e. The van der Waals surface area contributed by atoms with Gasteiger partial charge in [0.05, 0.1) is 6.54 Å². The van der Waals surface area contributed by atoms with Gasteiger partial charge < -0.3 is 10.2 Å². The lowest BCUT2D eigenvalue weighted by atomic mass is 9.96. The van der Waals surface area contributed by atoms with E-state index in [9.17, 15) is 4.39 Å². The van der Waals surface area contributed by atoms with Crippen molar-refractivity contribution >= 4 is 5.96 Å². The predicted octanol–water partition coefficient (Wildman–Crippen LogP) is 2.77. The van der Waals surface area contributed by atoms with Gasteiger partial charge in [-0.2, -0.15) is 0 Å². The summed E-state index contributed by atoms with van der Waals surface area (Å²) in [4.78, 5) is 9.91. The molecule has 1 atom stereocenters. The highest BCUT2D eigenvalue weighted by atomic mass is 19.1. The van der Waals surface area contributed by atoms with Crippen molar-refractivity contribution in [2.45, 2.75) is 37.6 Å². The van der Waals surface area contributed by atoms with Crippen molar-refractivity contribution in [2.75, 3.05) is 39.3 Å². The number of nitrogens with one attached hydrogen (secondary N) is 1. The first-order valence-electron chi connectivity index (χ1n) is 9.88. The van der Waals surface area contributed by atoms with Crippen molar-refractivity contribution in [3.05, 3.63) is 47.8 Å². The summed E-state index contributed by atoms with van der Waals surface area (Å²) in [5, 5.41) is 3.47. The van der Waals surface area contributed by atoms with E-state index in [2.05, 4.69) is 34.2 Å². The van der Waals surface area contributed by atoms with Gasteiger partial charge in [0.1, 0.15) is 5.82 Å². The summed E-state index contributed by atoms with van der Waals surface area (Å²) in [5.41, 5.74) is 1.14. The van der Waals surface area contributed by atoms with Crippen LogP contribution in [0, 0.1) is 5.82 Å². The van der Waals surface area contributed by atoms with Crippen LogP contribution in [0.15, 0.2) is 41.4 Å². The monoisotopic (exact) mass is 356 g/mol. The van der Waals surface area contributed by atoms with Gasteiger partial charge in [-0.25, -0.2) is 4.39 Å². The largest absolute Gasteiger partial charge is 0.357 e. The number of halogens is 1. The van der Waals surface area contributed by atoms with Crippen LogP contribution in [0.4, 0.5) is 4.39 Å². The smallest absolute Gasteiger partial charge is 0.193 e. The third-order valence-electron chi connectivity index (χ3n) is 5.98. The van der Waals surface area contributed by atoms with Gasteiger partial charge in [-0.05, 0) is 43.9 Å². The summed E-state index contributed by atoms with van der Waals surface area (Å²) >= 11 is 0. The Morgan fingerprint density at radius 2 is 2.12 bits per heavy atom. The molecule has 2 fully saturated rings. The Hall–Kier alpha value is -1.88. The molecule has 1 saturated carbocycles. The normalized spacial score (nSPS) is 25.1. The molecule has 0 radical (unpaired) electrons. The minimum absolute atomic E-state index is 0.0424. The molecule has 1 N–H and O–H groups in total. The second-order valence-corrected chi connectivity index (χ2v) is 7.77. The van der Waals surface area contributed by atoms with E-state index < -0.39 is 0 Å². The van der Waals surface area contributed by atoms with Crippen LogP contribution < -0.4 is 5.32 Å². The molecule has 26 heavy (non-hydrogen) atoms. The molecule has 1 aliphatic carbocycles.